The fourth-order valence-electron chi connectivity index (χ4n) is 1.62. The van der Waals surface area contributed by atoms with Crippen LogP contribution >= 0.6 is 11.3 Å². The van der Waals surface area contributed by atoms with Gasteiger partial charge in [0, 0.05) is 11.3 Å². The second-order valence-corrected chi connectivity index (χ2v) is 7.30. The van der Waals surface area contributed by atoms with Gasteiger partial charge >= 0.3 is 0 Å². The maximum atomic E-state index is 12.0. The van der Waals surface area contributed by atoms with Gasteiger partial charge in [0.05, 0.1) is 6.07 Å². The van der Waals surface area contributed by atoms with Crippen LogP contribution in [0.4, 0.5) is 5.69 Å². The highest BCUT2D eigenvalue weighted by atomic mass is 32.2. The molecule has 1 atom stereocenters. The molecule has 0 aliphatic heterocycles. The molecule has 1 unspecified atom stereocenters. The number of thiophene rings is 1. The van der Waals surface area contributed by atoms with Crippen molar-refractivity contribution in [2.24, 2.45) is 0 Å². The Balaban J connectivity index is 2.10. The van der Waals surface area contributed by atoms with Crippen LogP contribution in [0.1, 0.15) is 17.3 Å². The van der Waals surface area contributed by atoms with E-state index in [0.717, 1.165) is 11.3 Å². The smallest absolute Gasteiger partial charge is 0.271 e. The van der Waals surface area contributed by atoms with Crippen molar-refractivity contribution < 1.29 is 13.2 Å². The molecule has 114 valence electrons. The SMILES string of the molecule is CC(C#N)NC(=O)c1ccc(NS(=O)(=O)c2cccs2)cc1. The average Bonchev–Trinajstić information content (AvgIpc) is 3.02. The topological polar surface area (TPSA) is 99.1 Å². The van der Waals surface area contributed by atoms with Crippen LogP contribution in [0.25, 0.3) is 0 Å². The van der Waals surface area contributed by atoms with Crippen LogP contribution in [0.15, 0.2) is 46.0 Å². The molecule has 6 nitrogen and oxygen atoms in total. The third-order valence-corrected chi connectivity index (χ3v) is 5.48. The monoisotopic (exact) mass is 335 g/mol. The molecule has 8 heteroatoms. The minimum Gasteiger partial charge on any atom is -0.337 e. The first-order valence-electron chi connectivity index (χ1n) is 6.29. The summed E-state index contributed by atoms with van der Waals surface area (Å²) in [5.74, 6) is -0.387. The number of nitriles is 1. The molecule has 0 saturated heterocycles. The number of sulfonamides is 1. The zero-order valence-electron chi connectivity index (χ0n) is 11.6. The Hall–Kier alpha value is -2.37. The quantitative estimate of drug-likeness (QED) is 0.875. The van der Waals surface area contributed by atoms with Crippen molar-refractivity contribution >= 4 is 33.0 Å². The summed E-state index contributed by atoms with van der Waals surface area (Å²) < 4.78 is 26.8. The lowest BCUT2D eigenvalue weighted by atomic mass is 10.2. The summed E-state index contributed by atoms with van der Waals surface area (Å²) in [6.07, 6.45) is 0. The zero-order chi connectivity index (χ0) is 16.2. The van der Waals surface area contributed by atoms with Crippen molar-refractivity contribution in [3.8, 4) is 6.07 Å². The van der Waals surface area contributed by atoms with E-state index >= 15 is 0 Å². The Morgan fingerprint density at radius 3 is 2.50 bits per heavy atom. The van der Waals surface area contributed by atoms with E-state index in [2.05, 4.69) is 10.0 Å². The maximum absolute atomic E-state index is 12.0. The van der Waals surface area contributed by atoms with E-state index in [1.807, 2.05) is 6.07 Å². The summed E-state index contributed by atoms with van der Waals surface area (Å²) in [6, 6.07) is 10.5. The van der Waals surface area contributed by atoms with Gasteiger partial charge in [-0.15, -0.1) is 11.3 Å². The summed E-state index contributed by atoms with van der Waals surface area (Å²) in [5.41, 5.74) is 0.708. The van der Waals surface area contributed by atoms with E-state index in [1.165, 1.54) is 30.3 Å². The standard InChI is InChI=1S/C14H13N3O3S2/c1-10(9-15)16-14(18)11-4-6-12(7-5-11)17-22(19,20)13-3-2-8-21-13/h2-8,10,17H,1H3,(H,16,18). The molecule has 2 N–H and O–H groups in total. The van der Waals surface area contributed by atoms with Gasteiger partial charge in [0.25, 0.3) is 15.9 Å². The van der Waals surface area contributed by atoms with Crippen LogP contribution in [-0.4, -0.2) is 20.4 Å². The highest BCUT2D eigenvalue weighted by molar-refractivity contribution is 7.94. The number of amides is 1. The molecule has 0 radical (unpaired) electrons. The molecule has 1 amide bonds. The molecule has 1 aromatic heterocycles. The van der Waals surface area contributed by atoms with Crippen molar-refractivity contribution in [3.05, 3.63) is 47.3 Å². The molecule has 1 heterocycles. The molecule has 2 aromatic rings. The van der Waals surface area contributed by atoms with E-state index in [9.17, 15) is 13.2 Å². The predicted octanol–water partition coefficient (Wildman–Crippen LogP) is 2.19. The summed E-state index contributed by atoms with van der Waals surface area (Å²) in [6.45, 7) is 1.57. The van der Waals surface area contributed by atoms with Crippen molar-refractivity contribution in [1.82, 2.24) is 5.32 Å². The Morgan fingerprint density at radius 1 is 1.27 bits per heavy atom. The fraction of sp³-hybridized carbons (Fsp3) is 0.143. The molecular weight excluding hydrogens is 322 g/mol. The zero-order valence-corrected chi connectivity index (χ0v) is 13.2. The van der Waals surface area contributed by atoms with Gasteiger partial charge in [-0.25, -0.2) is 8.42 Å². The van der Waals surface area contributed by atoms with Crippen molar-refractivity contribution in [2.45, 2.75) is 17.2 Å². The minimum atomic E-state index is -3.60. The summed E-state index contributed by atoms with van der Waals surface area (Å²) in [5, 5.41) is 12.8. The van der Waals surface area contributed by atoms with Crippen molar-refractivity contribution in [3.63, 3.8) is 0 Å². The molecule has 0 saturated carbocycles. The fourth-order valence-corrected chi connectivity index (χ4v) is 3.68. The van der Waals surface area contributed by atoms with Gasteiger partial charge in [-0.3, -0.25) is 9.52 Å². The largest absolute Gasteiger partial charge is 0.337 e. The third kappa shape index (κ3) is 3.84. The van der Waals surface area contributed by atoms with Gasteiger partial charge in [-0.05, 0) is 42.6 Å². The molecule has 1 aromatic carbocycles. The highest BCUT2D eigenvalue weighted by Gasteiger charge is 2.15. The number of benzene rings is 1. The summed E-state index contributed by atoms with van der Waals surface area (Å²) in [7, 11) is -3.60. The molecule has 0 aliphatic rings. The van der Waals surface area contributed by atoms with Crippen LogP contribution in [0.2, 0.25) is 0 Å². The van der Waals surface area contributed by atoms with Crippen molar-refractivity contribution in [1.29, 1.82) is 5.26 Å². The van der Waals surface area contributed by atoms with Gasteiger partial charge < -0.3 is 5.32 Å². The van der Waals surface area contributed by atoms with Crippen LogP contribution in [0.5, 0.6) is 0 Å². The Bertz CT molecular complexity index is 791. The van der Waals surface area contributed by atoms with E-state index in [-0.39, 0.29) is 10.1 Å². The molecule has 0 spiro atoms. The lowest BCUT2D eigenvalue weighted by Crippen LogP contribution is -2.31. The van der Waals surface area contributed by atoms with E-state index in [0.29, 0.717) is 11.3 Å². The van der Waals surface area contributed by atoms with E-state index in [4.69, 9.17) is 5.26 Å². The summed E-state index contributed by atoms with van der Waals surface area (Å²) in [4.78, 5) is 11.8. The number of nitrogens with zero attached hydrogens (tertiary/aromatic N) is 1. The van der Waals surface area contributed by atoms with E-state index in [1.54, 1.807) is 18.4 Å². The average molecular weight is 335 g/mol. The van der Waals surface area contributed by atoms with E-state index < -0.39 is 16.1 Å². The number of rotatable bonds is 5. The first-order chi connectivity index (χ1) is 10.4. The number of carbonyl (C=O) groups excluding carboxylic acids is 1. The van der Waals surface area contributed by atoms with Crippen LogP contribution < -0.4 is 10.0 Å². The summed E-state index contributed by atoms with van der Waals surface area (Å²) >= 11 is 1.12. The molecule has 2 rings (SSSR count). The Labute approximate surface area is 132 Å². The second kappa shape index (κ2) is 6.60. The second-order valence-electron chi connectivity index (χ2n) is 4.44. The van der Waals surface area contributed by atoms with Gasteiger partial charge in [-0.2, -0.15) is 5.26 Å². The normalized spacial score (nSPS) is 12.2. The van der Waals surface area contributed by atoms with Gasteiger partial charge in [0.1, 0.15) is 10.3 Å². The highest BCUT2D eigenvalue weighted by Crippen LogP contribution is 2.20. The number of anilines is 1. The number of hydrogen-bond donors (Lipinski definition) is 2. The Morgan fingerprint density at radius 2 is 1.95 bits per heavy atom. The lowest BCUT2D eigenvalue weighted by molar-refractivity contribution is 0.0948. The Kier molecular flexibility index (Phi) is 4.80. The molecular formula is C14H13N3O3S2. The number of hydrogen-bond acceptors (Lipinski definition) is 5. The molecule has 0 fully saturated rings. The molecule has 0 bridgehead atoms. The van der Waals surface area contributed by atoms with Crippen molar-refractivity contribution in [2.75, 3.05) is 4.72 Å². The van der Waals surface area contributed by atoms with Crippen LogP contribution in [0, 0.1) is 11.3 Å². The van der Waals surface area contributed by atoms with Gasteiger partial charge in [0.15, 0.2) is 0 Å². The maximum Gasteiger partial charge on any atom is 0.271 e. The van der Waals surface area contributed by atoms with Crippen LogP contribution in [-0.2, 0) is 10.0 Å². The van der Waals surface area contributed by atoms with Crippen LogP contribution in [0.3, 0.4) is 0 Å². The van der Waals surface area contributed by atoms with Gasteiger partial charge in [0.2, 0.25) is 0 Å². The number of nitrogens with one attached hydrogen (secondary N) is 2. The molecule has 22 heavy (non-hydrogen) atoms. The first-order valence-corrected chi connectivity index (χ1v) is 8.65. The third-order valence-electron chi connectivity index (χ3n) is 2.70. The minimum absolute atomic E-state index is 0.220. The van der Waals surface area contributed by atoms with Gasteiger partial charge in [-0.1, -0.05) is 6.07 Å². The predicted molar refractivity (Wildman–Crippen MR) is 84.1 cm³/mol. The first kappa shape index (κ1) is 16.0. The number of carbonyl (C=O) groups is 1. The molecule has 0 aliphatic carbocycles. The lowest BCUT2D eigenvalue weighted by Gasteiger charge is -2.08.